The van der Waals surface area contributed by atoms with Crippen molar-refractivity contribution in [1.82, 2.24) is 16.0 Å². The molecule has 0 aromatic carbocycles. The molecule has 28 N–H and O–H groups in total. The minimum Gasteiger partial charge on any atom is -0.477 e. The lowest BCUT2D eigenvalue weighted by Gasteiger charge is -2.50. The maximum atomic E-state index is 13.1. The number of aliphatic carboxylic acids is 1. The van der Waals surface area contributed by atoms with E-state index in [4.69, 9.17) is 66.3 Å². The van der Waals surface area contributed by atoms with Gasteiger partial charge in [-0.25, -0.2) is 4.79 Å². The van der Waals surface area contributed by atoms with Gasteiger partial charge in [0.15, 0.2) is 37.7 Å². The van der Waals surface area contributed by atoms with Crippen LogP contribution in [0.1, 0.15) is 34.1 Å². The van der Waals surface area contributed by atoms with Gasteiger partial charge in [0.05, 0.1) is 71.1 Å². The van der Waals surface area contributed by atoms with Crippen LogP contribution in [-0.4, -0.2) is 449 Å². The van der Waals surface area contributed by atoms with E-state index >= 15 is 0 Å². The molecule has 103 heavy (non-hydrogen) atoms. The number of aliphatic hydroxyl groups excluding tert-OH is 24. The Hall–Kier alpha value is -3.64. The first-order chi connectivity index (χ1) is 48.4. The molecule has 46 heteroatoms. The number of hydrogen-bond donors (Lipinski definition) is 28. The van der Waals surface area contributed by atoms with Gasteiger partial charge in [0.2, 0.25) is 17.7 Å². The number of aliphatic hydroxyl groups is 24. The average Bonchev–Trinajstić information content (AvgIpc) is 0.775. The molecule has 7 rings (SSSR count). The second kappa shape index (κ2) is 37.7. The maximum Gasteiger partial charge on any atom is 0.364 e. The molecule has 0 saturated carbocycles. The Kier molecular flexibility index (Phi) is 31.7. The summed E-state index contributed by atoms with van der Waals surface area (Å²) in [5.74, 6) is -7.83. The van der Waals surface area contributed by atoms with Gasteiger partial charge in [-0.05, 0) is 6.92 Å². The summed E-state index contributed by atoms with van der Waals surface area (Å²) in [6.07, 6.45) is -76.7. The smallest absolute Gasteiger partial charge is 0.364 e. The number of rotatable bonds is 31. The molecule has 0 bridgehead atoms. The minimum absolute atomic E-state index is 0.822. The zero-order chi connectivity index (χ0) is 76.7. The predicted molar refractivity (Wildman–Crippen MR) is 317 cm³/mol. The standard InChI is InChI=1S/C57H97N3O43/c1-14-30(74)38(82)41(85)52(92-14)102-49-40(84)33(77)22(9-64)94-55(49)100-46-29(60-17(4)69)51(93-23(10-65)35(46)79)101-48-36(80)25(96-54(43(48)87)98-44(21(73)8-63)31(75)19(71)6-61)12-90-50-28(59-16(3)68)37(81)45(24(11-66)95-50)99-53-42(86)39(83)34(78)26(97-53)13-91-57(56(88)89)5-18(70)27(58-15(2)67)47(103-57)32(76)20(72)7-62/h14,18-55,61-66,70-87H,5-13H2,1-4H3,(H,58,67)(H,59,68)(H,60,69)(H,88,89)/t14-,18-,19-,20+,21+,22+,23+,24+,25+,26+,27+,28+,29+,30+,31+,32+,33-,34-,35+,36-,37+,38+,39-,40-,41-,42+,43+,44+,45+,46+,47+,48-,49+,50+,51-,52-,53-,54-,55-,57+/m0/s1. The van der Waals surface area contributed by atoms with Crippen LogP contribution in [0, 0.1) is 0 Å². The fourth-order valence-corrected chi connectivity index (χ4v) is 12.7. The molecule has 7 heterocycles. The largest absolute Gasteiger partial charge is 0.477 e. The summed E-state index contributed by atoms with van der Waals surface area (Å²) >= 11 is 0. The third-order valence-corrected chi connectivity index (χ3v) is 18.4. The highest BCUT2D eigenvalue weighted by Crippen LogP contribution is 2.39. The van der Waals surface area contributed by atoms with Gasteiger partial charge in [-0.1, -0.05) is 0 Å². The van der Waals surface area contributed by atoms with Crippen LogP contribution >= 0.6 is 0 Å². The lowest BCUT2D eigenvalue weighted by atomic mass is 9.88. The molecule has 7 fully saturated rings. The van der Waals surface area contributed by atoms with Gasteiger partial charge in [-0.15, -0.1) is 0 Å². The number of carboxylic acids is 1. The van der Waals surface area contributed by atoms with Crippen molar-refractivity contribution in [2.75, 3.05) is 52.9 Å². The quantitative estimate of drug-likeness (QED) is 0.0306. The Bertz CT molecular complexity index is 2670. The van der Waals surface area contributed by atoms with Crippen LogP contribution in [0.4, 0.5) is 0 Å². The first kappa shape index (κ1) is 86.6. The molecule has 3 amide bonds. The van der Waals surface area contributed by atoms with Gasteiger partial charge in [-0.3, -0.25) is 14.4 Å². The van der Waals surface area contributed by atoms with Crippen molar-refractivity contribution in [3.8, 4) is 0 Å². The van der Waals surface area contributed by atoms with E-state index in [0.717, 1.165) is 20.8 Å². The highest BCUT2D eigenvalue weighted by Gasteiger charge is 2.61. The van der Waals surface area contributed by atoms with Gasteiger partial charge in [-0.2, -0.15) is 0 Å². The summed E-state index contributed by atoms with van der Waals surface area (Å²) in [5, 5.41) is 279. The number of amides is 3. The fourth-order valence-electron chi connectivity index (χ4n) is 12.7. The molecule has 598 valence electrons. The topological polar surface area (TPSA) is 739 Å². The summed E-state index contributed by atoms with van der Waals surface area (Å²) in [6, 6.07) is -5.55. The predicted octanol–water partition coefficient (Wildman–Crippen LogP) is -18.2. The molecule has 7 saturated heterocycles. The van der Waals surface area contributed by atoms with Gasteiger partial charge in [0.1, 0.15) is 183 Å². The Labute approximate surface area is 583 Å². The minimum atomic E-state index is -3.05. The molecular formula is C57H97N3O43. The summed E-state index contributed by atoms with van der Waals surface area (Å²) in [5.41, 5.74) is 0. The average molecular weight is 1510 g/mol. The first-order valence-electron chi connectivity index (χ1n) is 32.5. The summed E-state index contributed by atoms with van der Waals surface area (Å²) < 4.78 is 81.6. The van der Waals surface area contributed by atoms with Gasteiger partial charge in [0.25, 0.3) is 5.79 Å². The molecule has 0 spiro atoms. The van der Waals surface area contributed by atoms with Crippen LogP contribution in [0.25, 0.3) is 0 Å². The Morgan fingerprint density at radius 3 is 1.48 bits per heavy atom. The Balaban J connectivity index is 1.16. The number of carboxylic acid groups (broad SMARTS) is 1. The normalized spacial score (nSPS) is 45.1. The van der Waals surface area contributed by atoms with E-state index < -0.39 is 328 Å². The highest BCUT2D eigenvalue weighted by atomic mass is 16.8. The van der Waals surface area contributed by atoms with Crippen molar-refractivity contribution in [3.63, 3.8) is 0 Å². The second-order valence-electron chi connectivity index (χ2n) is 25.8. The third-order valence-electron chi connectivity index (χ3n) is 18.4. The zero-order valence-corrected chi connectivity index (χ0v) is 55.4. The van der Waals surface area contributed by atoms with Crippen LogP contribution in [0.5, 0.6) is 0 Å². The monoisotopic (exact) mass is 1510 g/mol. The van der Waals surface area contributed by atoms with E-state index in [1.807, 2.05) is 0 Å². The molecule has 40 atom stereocenters. The summed E-state index contributed by atoms with van der Waals surface area (Å²) in [4.78, 5) is 51.0. The zero-order valence-electron chi connectivity index (χ0n) is 55.4. The Morgan fingerprint density at radius 1 is 0.437 bits per heavy atom. The van der Waals surface area contributed by atoms with E-state index in [1.165, 1.54) is 6.92 Å². The van der Waals surface area contributed by atoms with Crippen molar-refractivity contribution in [1.29, 1.82) is 0 Å². The van der Waals surface area contributed by atoms with Crippen LogP contribution in [-0.2, 0) is 85.5 Å². The molecule has 0 aromatic heterocycles. The number of ether oxygens (including phenoxy) is 14. The lowest BCUT2D eigenvalue weighted by molar-refractivity contribution is -0.389. The van der Waals surface area contributed by atoms with Crippen molar-refractivity contribution < 1.29 is 213 Å². The van der Waals surface area contributed by atoms with Gasteiger partial charge < -0.3 is 210 Å². The Morgan fingerprint density at radius 2 is 0.903 bits per heavy atom. The van der Waals surface area contributed by atoms with Gasteiger partial charge in [0, 0.05) is 27.2 Å². The van der Waals surface area contributed by atoms with Crippen LogP contribution in [0.2, 0.25) is 0 Å². The van der Waals surface area contributed by atoms with E-state index in [2.05, 4.69) is 16.0 Å². The first-order valence-corrected chi connectivity index (χ1v) is 32.5. The molecular weight excluding hydrogens is 1410 g/mol. The molecule has 0 aliphatic carbocycles. The highest BCUT2D eigenvalue weighted by molar-refractivity contribution is 5.77. The number of carbonyl (C=O) groups is 4. The third kappa shape index (κ3) is 19.7. The second-order valence-corrected chi connectivity index (χ2v) is 25.8. The molecule has 0 unspecified atom stereocenters. The summed E-state index contributed by atoms with van der Waals surface area (Å²) in [6.45, 7) is -5.23. The van der Waals surface area contributed by atoms with E-state index in [1.54, 1.807) is 0 Å². The SMILES string of the molecule is CC(=O)N[C@H]1[C@H](OC[C@H]2O[C@@H](O[C@@H]([C@H](O)[C@@H](O)CO)[C@H](O)CO)[C@H](O)[C@@H](O[C@@H]3O[C@H](CO)[C@@H](O)[C@H](O[C@@H]4O[C@H](CO)[C@H](O)[C@H](O)[C@H]4O[C@@H]4O[C@@H](C)[C@@H](O)[C@@H](O)[C@@H]4O)[C@H]3NC(C)=O)[C@H]2O)O[C@H](CO)[C@@H](O[C@@H]2O[C@H](CO[C@]3(C(=O)O)C[C@H](O)[C@@H](NC(C)=O)[C@H]([C@H](O)[C@H](O)CO)O3)[C@H](O)[C@H](O)[C@H]2O)[C@@H]1O. The lowest BCUT2D eigenvalue weighted by Crippen LogP contribution is -2.70. The molecule has 0 aromatic rings. The molecule has 46 nitrogen and oxygen atoms in total. The van der Waals surface area contributed by atoms with Crippen molar-refractivity contribution in [3.05, 3.63) is 0 Å². The van der Waals surface area contributed by atoms with E-state index in [9.17, 15) is 147 Å². The fraction of sp³-hybridized carbons (Fsp3) is 0.930. The van der Waals surface area contributed by atoms with E-state index in [-0.39, 0.29) is 0 Å². The van der Waals surface area contributed by atoms with Crippen LogP contribution in [0.3, 0.4) is 0 Å². The number of carbonyl (C=O) groups excluding carboxylic acids is 3. The van der Waals surface area contributed by atoms with Crippen LogP contribution < -0.4 is 16.0 Å². The molecule has 0 radical (unpaired) electrons. The molecule has 7 aliphatic heterocycles. The van der Waals surface area contributed by atoms with Crippen molar-refractivity contribution in [2.24, 2.45) is 0 Å². The van der Waals surface area contributed by atoms with Crippen molar-refractivity contribution >= 4 is 23.7 Å². The summed E-state index contributed by atoms with van der Waals surface area (Å²) in [7, 11) is 0. The maximum absolute atomic E-state index is 13.1. The number of hydrogen-bond acceptors (Lipinski definition) is 42. The van der Waals surface area contributed by atoms with Crippen molar-refractivity contribution in [2.45, 2.75) is 279 Å². The van der Waals surface area contributed by atoms with Gasteiger partial charge >= 0.3 is 5.97 Å². The molecule has 7 aliphatic rings. The number of nitrogens with one attached hydrogen (secondary N) is 3. The van der Waals surface area contributed by atoms with Crippen LogP contribution in [0.15, 0.2) is 0 Å². The van der Waals surface area contributed by atoms with E-state index in [0.29, 0.717) is 0 Å².